The average molecular weight is 269 g/mol. The number of ether oxygens (including phenoxy) is 1. The largest absolute Gasteiger partial charge is 0.508 e. The zero-order valence-electron chi connectivity index (χ0n) is 11.4. The molecule has 1 aromatic rings. The maximum atomic E-state index is 13.2. The molecule has 0 aliphatic rings. The van der Waals surface area contributed by atoms with Gasteiger partial charge in [-0.2, -0.15) is 0 Å². The van der Waals surface area contributed by atoms with Crippen molar-refractivity contribution in [3.63, 3.8) is 0 Å². The van der Waals surface area contributed by atoms with E-state index in [2.05, 4.69) is 0 Å². The molecular weight excluding hydrogens is 249 g/mol. The molecule has 0 bridgehead atoms. The van der Waals surface area contributed by atoms with Gasteiger partial charge >= 0.3 is 5.97 Å². The van der Waals surface area contributed by atoms with E-state index in [1.54, 1.807) is 32.9 Å². The number of esters is 1. The third-order valence-corrected chi connectivity index (χ3v) is 2.50. The molecule has 0 aliphatic carbocycles. The van der Waals surface area contributed by atoms with Crippen LogP contribution >= 0.6 is 0 Å². The average Bonchev–Trinajstić information content (AvgIpc) is 2.30. The summed E-state index contributed by atoms with van der Waals surface area (Å²) in [5.41, 5.74) is 4.04. The van der Waals surface area contributed by atoms with Crippen molar-refractivity contribution in [1.29, 1.82) is 0 Å². The monoisotopic (exact) mass is 269 g/mol. The van der Waals surface area contributed by atoms with Crippen LogP contribution < -0.4 is 5.73 Å². The van der Waals surface area contributed by atoms with Gasteiger partial charge in [-0.15, -0.1) is 0 Å². The molecule has 1 atom stereocenters. The SMILES string of the molecule is CC(C)(C)OC(=O)C(N)(CF)Cc1ccc(O)cc1. The Kier molecular flexibility index (Phi) is 4.52. The van der Waals surface area contributed by atoms with E-state index in [4.69, 9.17) is 10.5 Å². The summed E-state index contributed by atoms with van der Waals surface area (Å²) in [4.78, 5) is 11.9. The fourth-order valence-electron chi connectivity index (χ4n) is 1.53. The first-order valence-corrected chi connectivity index (χ1v) is 6.02. The lowest BCUT2D eigenvalue weighted by molar-refractivity contribution is -0.162. The van der Waals surface area contributed by atoms with Crippen LogP contribution in [0.25, 0.3) is 0 Å². The number of carbonyl (C=O) groups is 1. The van der Waals surface area contributed by atoms with Crippen molar-refractivity contribution in [1.82, 2.24) is 0 Å². The normalized spacial score (nSPS) is 14.8. The maximum Gasteiger partial charge on any atom is 0.329 e. The second kappa shape index (κ2) is 5.57. The number of carbonyl (C=O) groups excluding carboxylic acids is 1. The lowest BCUT2D eigenvalue weighted by Gasteiger charge is -2.29. The maximum absolute atomic E-state index is 13.2. The van der Waals surface area contributed by atoms with Crippen molar-refractivity contribution in [2.75, 3.05) is 6.67 Å². The molecule has 0 radical (unpaired) electrons. The van der Waals surface area contributed by atoms with Crippen LogP contribution in [0.15, 0.2) is 24.3 Å². The Bertz CT molecular complexity index is 439. The van der Waals surface area contributed by atoms with Crippen molar-refractivity contribution in [2.24, 2.45) is 5.73 Å². The molecule has 0 heterocycles. The third-order valence-electron chi connectivity index (χ3n) is 2.50. The zero-order valence-corrected chi connectivity index (χ0v) is 11.4. The first-order chi connectivity index (χ1) is 8.66. The standard InChI is InChI=1S/C14H20FNO3/c1-13(2,3)19-12(18)14(16,9-15)8-10-4-6-11(17)7-5-10/h4-7,17H,8-9,16H2,1-3H3. The summed E-state index contributed by atoms with van der Waals surface area (Å²) in [6.45, 7) is 4.08. The minimum absolute atomic E-state index is 0.0126. The van der Waals surface area contributed by atoms with E-state index in [0.717, 1.165) is 0 Å². The summed E-state index contributed by atoms with van der Waals surface area (Å²) in [7, 11) is 0. The molecule has 0 aromatic heterocycles. The van der Waals surface area contributed by atoms with Crippen LogP contribution in [0.2, 0.25) is 0 Å². The number of phenolic OH excluding ortho intramolecular Hbond substituents is 1. The number of hydrogen-bond donors (Lipinski definition) is 2. The predicted molar refractivity (Wildman–Crippen MR) is 70.5 cm³/mol. The van der Waals surface area contributed by atoms with Gasteiger partial charge in [0.15, 0.2) is 0 Å². The van der Waals surface area contributed by atoms with Crippen molar-refractivity contribution in [3.05, 3.63) is 29.8 Å². The first-order valence-electron chi connectivity index (χ1n) is 6.02. The van der Waals surface area contributed by atoms with E-state index in [-0.39, 0.29) is 12.2 Å². The Morgan fingerprint density at radius 3 is 2.26 bits per heavy atom. The summed E-state index contributed by atoms with van der Waals surface area (Å²) >= 11 is 0. The van der Waals surface area contributed by atoms with E-state index in [1.807, 2.05) is 0 Å². The van der Waals surface area contributed by atoms with Gasteiger partial charge in [0.2, 0.25) is 0 Å². The quantitative estimate of drug-likeness (QED) is 0.819. The molecule has 3 N–H and O–H groups in total. The van der Waals surface area contributed by atoms with Crippen molar-refractivity contribution in [3.8, 4) is 5.75 Å². The lowest BCUT2D eigenvalue weighted by Crippen LogP contribution is -2.54. The van der Waals surface area contributed by atoms with Crippen molar-refractivity contribution in [2.45, 2.75) is 38.3 Å². The smallest absolute Gasteiger partial charge is 0.329 e. The van der Waals surface area contributed by atoms with Gasteiger partial charge in [0.25, 0.3) is 0 Å². The van der Waals surface area contributed by atoms with Crippen LogP contribution in [-0.4, -0.2) is 28.9 Å². The molecule has 0 saturated carbocycles. The molecule has 1 aromatic carbocycles. The van der Waals surface area contributed by atoms with Gasteiger partial charge in [-0.05, 0) is 38.5 Å². The minimum Gasteiger partial charge on any atom is -0.508 e. The Labute approximate surface area is 112 Å². The molecule has 0 aliphatic heterocycles. The highest BCUT2D eigenvalue weighted by Crippen LogP contribution is 2.19. The predicted octanol–water partition coefficient (Wildman–Crippen LogP) is 1.94. The Morgan fingerprint density at radius 1 is 1.32 bits per heavy atom. The number of aromatic hydroxyl groups is 1. The van der Waals surface area contributed by atoms with E-state index in [9.17, 15) is 14.3 Å². The summed E-state index contributed by atoms with van der Waals surface area (Å²) in [5.74, 6) is -0.667. The topological polar surface area (TPSA) is 72.5 Å². The molecule has 5 heteroatoms. The second-order valence-electron chi connectivity index (χ2n) is 5.63. The number of rotatable bonds is 4. The van der Waals surface area contributed by atoms with Crippen molar-refractivity contribution >= 4 is 5.97 Å². The molecule has 0 fully saturated rings. The van der Waals surface area contributed by atoms with Crippen LogP contribution in [0.5, 0.6) is 5.75 Å². The highest BCUT2D eigenvalue weighted by Gasteiger charge is 2.38. The number of nitrogens with two attached hydrogens (primary N) is 1. The summed E-state index contributed by atoms with van der Waals surface area (Å²) in [6.07, 6.45) is 0.0126. The highest BCUT2D eigenvalue weighted by molar-refractivity contribution is 5.81. The van der Waals surface area contributed by atoms with Gasteiger partial charge in [0.05, 0.1) is 0 Å². The fourth-order valence-corrected chi connectivity index (χ4v) is 1.53. The van der Waals surface area contributed by atoms with Gasteiger partial charge in [-0.25, -0.2) is 9.18 Å². The molecule has 1 rings (SSSR count). The lowest BCUT2D eigenvalue weighted by atomic mass is 9.93. The summed E-state index contributed by atoms with van der Waals surface area (Å²) in [5, 5.41) is 9.18. The molecule has 106 valence electrons. The van der Waals surface area contributed by atoms with Crippen LogP contribution in [0, 0.1) is 0 Å². The number of alkyl halides is 1. The Balaban J connectivity index is 2.85. The molecule has 0 amide bonds. The number of phenols is 1. The molecule has 0 spiro atoms. The molecule has 4 nitrogen and oxygen atoms in total. The highest BCUT2D eigenvalue weighted by atomic mass is 19.1. The molecule has 0 saturated heterocycles. The van der Waals surface area contributed by atoms with E-state index in [1.165, 1.54) is 12.1 Å². The van der Waals surface area contributed by atoms with Gasteiger partial charge in [0, 0.05) is 6.42 Å². The summed E-state index contributed by atoms with van der Waals surface area (Å²) < 4.78 is 18.3. The second-order valence-corrected chi connectivity index (χ2v) is 5.63. The fraction of sp³-hybridized carbons (Fsp3) is 0.500. The van der Waals surface area contributed by atoms with Gasteiger partial charge in [-0.1, -0.05) is 12.1 Å². The van der Waals surface area contributed by atoms with Crippen molar-refractivity contribution < 1.29 is 19.0 Å². The van der Waals surface area contributed by atoms with Gasteiger partial charge in [-0.3, -0.25) is 0 Å². The zero-order chi connectivity index (χ0) is 14.7. The Morgan fingerprint density at radius 2 is 1.84 bits per heavy atom. The number of hydrogen-bond acceptors (Lipinski definition) is 4. The molecular formula is C14H20FNO3. The molecule has 19 heavy (non-hydrogen) atoms. The van der Waals surface area contributed by atoms with Gasteiger partial charge < -0.3 is 15.6 Å². The third kappa shape index (κ3) is 4.52. The van der Waals surface area contributed by atoms with Crippen LogP contribution in [-0.2, 0) is 16.0 Å². The first kappa shape index (κ1) is 15.4. The van der Waals surface area contributed by atoms with E-state index >= 15 is 0 Å². The van der Waals surface area contributed by atoms with Gasteiger partial charge in [0.1, 0.15) is 23.6 Å². The van der Waals surface area contributed by atoms with Crippen LogP contribution in [0.1, 0.15) is 26.3 Å². The van der Waals surface area contributed by atoms with Crippen LogP contribution in [0.4, 0.5) is 4.39 Å². The minimum atomic E-state index is -1.70. The number of benzene rings is 1. The van der Waals surface area contributed by atoms with E-state index < -0.39 is 23.8 Å². The van der Waals surface area contributed by atoms with Crippen LogP contribution in [0.3, 0.4) is 0 Å². The molecule has 1 unspecified atom stereocenters. The van der Waals surface area contributed by atoms with E-state index in [0.29, 0.717) is 5.56 Å². The number of halogens is 1. The summed E-state index contributed by atoms with van der Waals surface area (Å²) in [6, 6.07) is 6.11. The Hall–Kier alpha value is -1.62.